The summed E-state index contributed by atoms with van der Waals surface area (Å²) in [4.78, 5) is 32.2. The van der Waals surface area contributed by atoms with Gasteiger partial charge in [-0.15, -0.1) is 11.3 Å². The quantitative estimate of drug-likeness (QED) is 0.521. The van der Waals surface area contributed by atoms with E-state index in [1.165, 1.54) is 16.6 Å². The van der Waals surface area contributed by atoms with Crippen LogP contribution in [0.3, 0.4) is 0 Å². The van der Waals surface area contributed by atoms with Crippen LogP contribution in [0.15, 0.2) is 34.2 Å². The highest BCUT2D eigenvalue weighted by atomic mass is 32.2. The summed E-state index contributed by atoms with van der Waals surface area (Å²) in [6.45, 7) is 5.97. The Kier molecular flexibility index (Phi) is 5.05. The first-order chi connectivity index (χ1) is 13.4. The third-order valence-corrected chi connectivity index (χ3v) is 7.56. The first-order valence-corrected chi connectivity index (χ1v) is 11.2. The molecule has 3 aromatic rings. The van der Waals surface area contributed by atoms with E-state index in [2.05, 4.69) is 6.92 Å². The number of para-hydroxylation sites is 1. The molecule has 0 bridgehead atoms. The van der Waals surface area contributed by atoms with Crippen molar-refractivity contribution in [2.75, 3.05) is 0 Å². The van der Waals surface area contributed by atoms with Crippen molar-refractivity contribution in [3.8, 4) is 5.69 Å². The third kappa shape index (κ3) is 3.26. The van der Waals surface area contributed by atoms with Crippen LogP contribution in [0, 0.1) is 12.8 Å². The lowest BCUT2D eigenvalue weighted by molar-refractivity contribution is -0.117. The molecule has 1 aliphatic carbocycles. The zero-order valence-corrected chi connectivity index (χ0v) is 17.8. The molecule has 4 rings (SSSR count). The summed E-state index contributed by atoms with van der Waals surface area (Å²) >= 11 is 2.86. The van der Waals surface area contributed by atoms with Gasteiger partial charge in [0.15, 0.2) is 5.16 Å². The Balaban J connectivity index is 2.01. The Labute approximate surface area is 172 Å². The number of rotatable bonds is 4. The van der Waals surface area contributed by atoms with Crippen molar-refractivity contribution in [2.45, 2.75) is 50.4 Å². The maximum atomic E-state index is 13.7. The number of nitrogens with two attached hydrogens (primary N) is 1. The molecule has 2 atom stereocenters. The monoisotopic (exact) mass is 413 g/mol. The van der Waals surface area contributed by atoms with Crippen LogP contribution in [-0.4, -0.2) is 20.7 Å². The Hall–Kier alpha value is -2.12. The standard InChI is InChI=1S/C21H23N3O2S2/c1-11-8-9-14-16(10-11)28-19-17(14)20(26)24(15-7-5-4-6-12(15)2)21(23-19)27-13(3)18(22)25/h4-7,11,13H,8-10H2,1-3H3,(H2,22,25)/t11-,13-/m1/s1. The first-order valence-electron chi connectivity index (χ1n) is 9.46. The van der Waals surface area contributed by atoms with Gasteiger partial charge in [-0.3, -0.25) is 14.2 Å². The van der Waals surface area contributed by atoms with Gasteiger partial charge in [-0.1, -0.05) is 36.9 Å². The smallest absolute Gasteiger partial charge is 0.267 e. The number of benzene rings is 1. The Bertz CT molecular complexity index is 1130. The van der Waals surface area contributed by atoms with E-state index in [0.29, 0.717) is 11.1 Å². The zero-order valence-electron chi connectivity index (χ0n) is 16.2. The molecule has 2 heterocycles. The van der Waals surface area contributed by atoms with E-state index in [1.807, 2.05) is 31.2 Å². The Morgan fingerprint density at radius 1 is 1.39 bits per heavy atom. The number of primary amides is 1. The molecule has 0 unspecified atom stereocenters. The van der Waals surface area contributed by atoms with Crippen LogP contribution in [0.5, 0.6) is 0 Å². The van der Waals surface area contributed by atoms with E-state index in [0.717, 1.165) is 46.3 Å². The van der Waals surface area contributed by atoms with Gasteiger partial charge in [0.25, 0.3) is 5.56 Å². The molecular formula is C21H23N3O2S2. The van der Waals surface area contributed by atoms with E-state index < -0.39 is 11.2 Å². The van der Waals surface area contributed by atoms with E-state index in [-0.39, 0.29) is 5.56 Å². The molecule has 5 nitrogen and oxygen atoms in total. The number of aryl methyl sites for hydroxylation is 2. The average molecular weight is 414 g/mol. The SMILES string of the molecule is Cc1ccccc1-n1c(S[C@H](C)C(N)=O)nc2sc3c(c2c1=O)CC[C@@H](C)C3. The van der Waals surface area contributed by atoms with Crippen LogP contribution in [0.25, 0.3) is 15.9 Å². The van der Waals surface area contributed by atoms with E-state index in [9.17, 15) is 9.59 Å². The second-order valence-electron chi connectivity index (χ2n) is 7.52. The molecule has 2 aromatic heterocycles. The van der Waals surface area contributed by atoms with Gasteiger partial charge in [0.1, 0.15) is 4.83 Å². The van der Waals surface area contributed by atoms with Crippen molar-refractivity contribution in [3.05, 3.63) is 50.6 Å². The van der Waals surface area contributed by atoms with Crippen LogP contribution in [0.2, 0.25) is 0 Å². The van der Waals surface area contributed by atoms with Crippen molar-refractivity contribution in [1.82, 2.24) is 9.55 Å². The molecular weight excluding hydrogens is 390 g/mol. The molecule has 1 amide bonds. The van der Waals surface area contributed by atoms with Gasteiger partial charge >= 0.3 is 0 Å². The largest absolute Gasteiger partial charge is 0.369 e. The minimum Gasteiger partial charge on any atom is -0.369 e. The predicted octanol–water partition coefficient (Wildman–Crippen LogP) is 3.85. The molecule has 1 aromatic carbocycles. The molecule has 0 spiro atoms. The lowest BCUT2D eigenvalue weighted by Crippen LogP contribution is -2.27. The van der Waals surface area contributed by atoms with Crippen molar-refractivity contribution in [2.24, 2.45) is 11.7 Å². The maximum absolute atomic E-state index is 13.7. The van der Waals surface area contributed by atoms with Crippen molar-refractivity contribution < 1.29 is 4.79 Å². The summed E-state index contributed by atoms with van der Waals surface area (Å²) in [6, 6.07) is 7.76. The fourth-order valence-corrected chi connectivity index (χ4v) is 5.99. The third-order valence-electron chi connectivity index (χ3n) is 5.34. The Morgan fingerprint density at radius 3 is 2.86 bits per heavy atom. The lowest BCUT2D eigenvalue weighted by Gasteiger charge is -2.18. The topological polar surface area (TPSA) is 78.0 Å². The number of carbonyl (C=O) groups is 1. The molecule has 0 saturated carbocycles. The average Bonchev–Trinajstić information content (AvgIpc) is 3.00. The van der Waals surface area contributed by atoms with Gasteiger partial charge in [0.05, 0.1) is 16.3 Å². The molecule has 146 valence electrons. The number of hydrogen-bond donors (Lipinski definition) is 1. The summed E-state index contributed by atoms with van der Waals surface area (Å²) in [7, 11) is 0. The summed E-state index contributed by atoms with van der Waals surface area (Å²) in [5, 5.41) is 0.783. The number of thioether (sulfide) groups is 1. The maximum Gasteiger partial charge on any atom is 0.267 e. The molecule has 0 saturated heterocycles. The first kappa shape index (κ1) is 19.2. The van der Waals surface area contributed by atoms with E-state index >= 15 is 0 Å². The van der Waals surface area contributed by atoms with Crippen LogP contribution in [0.4, 0.5) is 0 Å². The van der Waals surface area contributed by atoms with E-state index in [1.54, 1.807) is 22.8 Å². The minimum atomic E-state index is -0.478. The highest BCUT2D eigenvalue weighted by Crippen LogP contribution is 2.37. The normalized spacial score (nSPS) is 17.5. The number of thiophene rings is 1. The predicted molar refractivity (Wildman–Crippen MR) is 116 cm³/mol. The fraction of sp³-hybridized carbons (Fsp3) is 0.381. The zero-order chi connectivity index (χ0) is 20.0. The number of nitrogens with zero attached hydrogens (tertiary/aromatic N) is 2. The molecule has 1 aliphatic rings. The fourth-order valence-electron chi connectivity index (χ4n) is 3.69. The molecule has 2 N–H and O–H groups in total. The van der Waals surface area contributed by atoms with Gasteiger partial charge in [0.2, 0.25) is 5.91 Å². The summed E-state index contributed by atoms with van der Waals surface area (Å²) in [6.07, 6.45) is 3.02. The summed E-state index contributed by atoms with van der Waals surface area (Å²) in [5.74, 6) is 0.206. The molecule has 0 radical (unpaired) electrons. The number of aromatic nitrogens is 2. The number of amides is 1. The van der Waals surface area contributed by atoms with E-state index in [4.69, 9.17) is 10.7 Å². The van der Waals surface area contributed by atoms with Crippen LogP contribution >= 0.6 is 23.1 Å². The van der Waals surface area contributed by atoms with Crippen molar-refractivity contribution in [1.29, 1.82) is 0 Å². The second kappa shape index (κ2) is 7.37. The second-order valence-corrected chi connectivity index (χ2v) is 9.91. The molecule has 0 aliphatic heterocycles. The summed E-state index contributed by atoms with van der Waals surface area (Å²) < 4.78 is 1.66. The Morgan fingerprint density at radius 2 is 2.14 bits per heavy atom. The highest BCUT2D eigenvalue weighted by Gasteiger charge is 2.26. The van der Waals surface area contributed by atoms with Gasteiger partial charge in [-0.05, 0) is 56.2 Å². The lowest BCUT2D eigenvalue weighted by atomic mass is 9.89. The van der Waals surface area contributed by atoms with Gasteiger partial charge in [-0.2, -0.15) is 0 Å². The highest BCUT2D eigenvalue weighted by molar-refractivity contribution is 8.00. The molecule has 7 heteroatoms. The molecule has 0 fully saturated rings. The van der Waals surface area contributed by atoms with Crippen LogP contribution < -0.4 is 11.3 Å². The van der Waals surface area contributed by atoms with Gasteiger partial charge < -0.3 is 5.73 Å². The number of carbonyl (C=O) groups excluding carboxylic acids is 1. The van der Waals surface area contributed by atoms with Crippen LogP contribution in [0.1, 0.15) is 36.3 Å². The van der Waals surface area contributed by atoms with Gasteiger partial charge in [0, 0.05) is 4.88 Å². The van der Waals surface area contributed by atoms with Gasteiger partial charge in [-0.25, -0.2) is 4.98 Å². The number of hydrogen-bond acceptors (Lipinski definition) is 5. The van der Waals surface area contributed by atoms with Crippen LogP contribution in [-0.2, 0) is 17.6 Å². The van der Waals surface area contributed by atoms with Crippen molar-refractivity contribution >= 4 is 39.2 Å². The number of fused-ring (bicyclic) bond motifs is 3. The van der Waals surface area contributed by atoms with Crippen molar-refractivity contribution in [3.63, 3.8) is 0 Å². The summed E-state index contributed by atoms with van der Waals surface area (Å²) in [5.41, 5.74) is 8.37. The minimum absolute atomic E-state index is 0.0504. The molecule has 28 heavy (non-hydrogen) atoms.